The predicted molar refractivity (Wildman–Crippen MR) is 121 cm³/mol. The lowest BCUT2D eigenvalue weighted by atomic mass is 10.0. The Morgan fingerprint density at radius 1 is 0.586 bits per heavy atom. The van der Waals surface area contributed by atoms with Gasteiger partial charge in [-0.15, -0.1) is 0 Å². The molecule has 168 valence electrons. The van der Waals surface area contributed by atoms with Crippen molar-refractivity contribution in [3.63, 3.8) is 0 Å². The van der Waals surface area contributed by atoms with Crippen LogP contribution in [-0.2, 0) is 0 Å². The van der Waals surface area contributed by atoms with Gasteiger partial charge in [0.25, 0.3) is 0 Å². The maximum atomic E-state index is 10.9. The summed E-state index contributed by atoms with van der Waals surface area (Å²) in [5, 5.41) is 8.31. The molecule has 4 amide bonds. The van der Waals surface area contributed by atoms with Gasteiger partial charge >= 0.3 is 12.1 Å². The zero-order chi connectivity index (χ0) is 21.7. The van der Waals surface area contributed by atoms with Gasteiger partial charge < -0.3 is 11.5 Å². The Hall–Kier alpha value is -2.12. The molecule has 0 bridgehead atoms. The number of nitrogens with two attached hydrogens (primary N) is 2. The van der Waals surface area contributed by atoms with Crippen molar-refractivity contribution in [3.05, 3.63) is 0 Å². The van der Waals surface area contributed by atoms with Crippen LogP contribution in [-0.4, -0.2) is 23.5 Å². The summed E-state index contributed by atoms with van der Waals surface area (Å²) in [6, 6.07) is -1.22. The minimum Gasteiger partial charge on any atom is -0.350 e. The molecule has 6 N–H and O–H groups in total. The van der Waals surface area contributed by atoms with E-state index in [2.05, 4.69) is 34.9 Å². The second kappa shape index (κ2) is 19.2. The quantitative estimate of drug-likeness (QED) is 0.145. The van der Waals surface area contributed by atoms with Gasteiger partial charge in [0.15, 0.2) is 0 Å². The second-order valence-corrected chi connectivity index (χ2v) is 7.49. The van der Waals surface area contributed by atoms with E-state index in [0.29, 0.717) is 0 Å². The van der Waals surface area contributed by atoms with Crippen LogP contribution in [0.3, 0.4) is 0 Å². The molecule has 0 aromatic heterocycles. The van der Waals surface area contributed by atoms with Gasteiger partial charge in [0.1, 0.15) is 0 Å². The summed E-state index contributed by atoms with van der Waals surface area (Å²) in [6.45, 7) is 4.34. The lowest BCUT2D eigenvalue weighted by Gasteiger charge is -2.08. The minimum absolute atomic E-state index is 0.611. The lowest BCUT2D eigenvalue weighted by Crippen LogP contribution is -2.25. The topological polar surface area (TPSA) is 135 Å². The second-order valence-electron chi connectivity index (χ2n) is 7.49. The molecule has 8 nitrogen and oxygen atoms in total. The number of nitrogens with one attached hydrogen (secondary N) is 2. The number of amides is 4. The number of nitrogens with zero attached hydrogens (tertiary/aromatic N) is 2. The highest BCUT2D eigenvalue weighted by atomic mass is 16.2. The molecule has 0 fully saturated rings. The highest BCUT2D eigenvalue weighted by Gasteiger charge is 2.04. The van der Waals surface area contributed by atoms with Crippen molar-refractivity contribution in [2.45, 2.75) is 110 Å². The molecule has 0 radical (unpaired) electrons. The number of carbonyl (C=O) groups is 2. The van der Waals surface area contributed by atoms with E-state index >= 15 is 0 Å². The number of carbonyl (C=O) groups excluding carboxylic acids is 2. The number of hydrazone groups is 2. The van der Waals surface area contributed by atoms with Crippen LogP contribution in [0.5, 0.6) is 0 Å². The van der Waals surface area contributed by atoms with Gasteiger partial charge in [-0.1, -0.05) is 58.8 Å². The van der Waals surface area contributed by atoms with Gasteiger partial charge in [-0.2, -0.15) is 10.2 Å². The molecule has 0 unspecified atom stereocenters. The number of unbranched alkanes of at least 4 members (excludes halogenated alkanes) is 8. The Morgan fingerprint density at radius 2 is 0.897 bits per heavy atom. The SMILES string of the molecule is CCCCC/C(CCCCCCC/C(CCCCC)=N/NC(N)=O)=N\NC(N)=O. The molecule has 0 spiro atoms. The number of rotatable bonds is 18. The minimum atomic E-state index is -0.611. The van der Waals surface area contributed by atoms with Crippen LogP contribution in [0.4, 0.5) is 9.59 Å². The van der Waals surface area contributed by atoms with Crippen LogP contribution in [0.2, 0.25) is 0 Å². The molecule has 29 heavy (non-hydrogen) atoms. The van der Waals surface area contributed by atoms with Gasteiger partial charge in [-0.05, 0) is 51.4 Å². The fourth-order valence-electron chi connectivity index (χ4n) is 3.09. The third-order valence-electron chi connectivity index (χ3n) is 4.72. The van der Waals surface area contributed by atoms with Crippen molar-refractivity contribution in [2.75, 3.05) is 0 Å². The Bertz CT molecular complexity index is 461. The monoisotopic (exact) mass is 410 g/mol. The third kappa shape index (κ3) is 19.0. The molecule has 8 heteroatoms. The van der Waals surface area contributed by atoms with Gasteiger partial charge in [0, 0.05) is 11.4 Å². The third-order valence-corrected chi connectivity index (χ3v) is 4.72. The van der Waals surface area contributed by atoms with Crippen LogP contribution in [0.25, 0.3) is 0 Å². The maximum absolute atomic E-state index is 10.9. The summed E-state index contributed by atoms with van der Waals surface area (Å²) in [5.41, 5.74) is 17.0. The van der Waals surface area contributed by atoms with E-state index < -0.39 is 12.1 Å². The van der Waals surface area contributed by atoms with E-state index in [1.165, 1.54) is 12.8 Å². The smallest absolute Gasteiger partial charge is 0.332 e. The first-order valence-electron chi connectivity index (χ1n) is 11.2. The molecular weight excluding hydrogens is 368 g/mol. The van der Waals surface area contributed by atoms with Gasteiger partial charge in [-0.25, -0.2) is 20.4 Å². The summed E-state index contributed by atoms with van der Waals surface area (Å²) in [5.74, 6) is 0. The van der Waals surface area contributed by atoms with Crippen LogP contribution < -0.4 is 22.3 Å². The molecule has 0 aliphatic carbocycles. The molecule has 0 aliphatic rings. The summed E-state index contributed by atoms with van der Waals surface area (Å²) in [7, 11) is 0. The molecule has 0 aromatic carbocycles. The molecule has 0 aliphatic heterocycles. The Kier molecular flexibility index (Phi) is 17.8. The highest BCUT2D eigenvalue weighted by molar-refractivity contribution is 5.86. The van der Waals surface area contributed by atoms with Crippen molar-refractivity contribution >= 4 is 23.5 Å². The summed E-state index contributed by atoms with van der Waals surface area (Å²) in [6.07, 6.45) is 16.0. The van der Waals surface area contributed by atoms with E-state index in [1.54, 1.807) is 0 Å². The standard InChI is InChI=1S/C21H42N6O2/c1-3-5-10-14-18(24-26-20(22)28)16-12-8-7-9-13-17-19(15-11-6-4-2)25-27-21(23)29/h3-17H2,1-2H3,(H3,22,26,28)(H3,23,27,29)/b24-18+,25-19+. The molecule has 0 rings (SSSR count). The van der Waals surface area contributed by atoms with Gasteiger partial charge in [0.05, 0.1) is 0 Å². The van der Waals surface area contributed by atoms with Gasteiger partial charge in [-0.3, -0.25) is 0 Å². The van der Waals surface area contributed by atoms with Gasteiger partial charge in [0.2, 0.25) is 0 Å². The first kappa shape index (κ1) is 26.9. The van der Waals surface area contributed by atoms with Crippen LogP contribution >= 0.6 is 0 Å². The number of hydrogen-bond donors (Lipinski definition) is 4. The zero-order valence-electron chi connectivity index (χ0n) is 18.5. The Morgan fingerprint density at radius 3 is 1.21 bits per heavy atom. The van der Waals surface area contributed by atoms with E-state index in [9.17, 15) is 9.59 Å². The van der Waals surface area contributed by atoms with Crippen LogP contribution in [0.15, 0.2) is 10.2 Å². The maximum Gasteiger partial charge on any atom is 0.332 e. The Labute approximate surface area is 176 Å². The first-order valence-corrected chi connectivity index (χ1v) is 11.2. The molecule has 0 saturated heterocycles. The van der Waals surface area contributed by atoms with E-state index in [-0.39, 0.29) is 0 Å². The Balaban J connectivity index is 4.09. The van der Waals surface area contributed by atoms with E-state index in [1.807, 2.05) is 0 Å². The van der Waals surface area contributed by atoms with Crippen molar-refractivity contribution in [3.8, 4) is 0 Å². The molecule has 0 atom stereocenters. The fourth-order valence-corrected chi connectivity index (χ4v) is 3.09. The first-order chi connectivity index (χ1) is 14.0. The van der Waals surface area contributed by atoms with E-state index in [4.69, 9.17) is 11.5 Å². The average Bonchev–Trinajstić information content (AvgIpc) is 2.68. The molecule has 0 heterocycles. The highest BCUT2D eigenvalue weighted by Crippen LogP contribution is 2.13. The van der Waals surface area contributed by atoms with Crippen LogP contribution in [0, 0.1) is 0 Å². The molecular formula is C21H42N6O2. The summed E-state index contributed by atoms with van der Waals surface area (Å²) in [4.78, 5) is 21.7. The zero-order valence-corrected chi connectivity index (χ0v) is 18.5. The normalized spacial score (nSPS) is 12.1. The molecule has 0 aromatic rings. The summed E-state index contributed by atoms with van der Waals surface area (Å²) >= 11 is 0. The van der Waals surface area contributed by atoms with Crippen molar-refractivity contribution in [2.24, 2.45) is 21.7 Å². The summed E-state index contributed by atoms with van der Waals surface area (Å²) < 4.78 is 0. The lowest BCUT2D eigenvalue weighted by molar-refractivity contribution is 0.248. The predicted octanol–water partition coefficient (Wildman–Crippen LogP) is 4.93. The van der Waals surface area contributed by atoms with Crippen LogP contribution in [0.1, 0.15) is 110 Å². The largest absolute Gasteiger partial charge is 0.350 e. The average molecular weight is 411 g/mol. The van der Waals surface area contributed by atoms with Crippen molar-refractivity contribution in [1.29, 1.82) is 0 Å². The molecule has 0 saturated carbocycles. The fraction of sp³-hybridized carbons (Fsp3) is 0.810. The van der Waals surface area contributed by atoms with Crippen molar-refractivity contribution in [1.82, 2.24) is 10.9 Å². The number of hydrogen-bond acceptors (Lipinski definition) is 4. The van der Waals surface area contributed by atoms with E-state index in [0.717, 1.165) is 94.9 Å². The number of urea groups is 2. The number of primary amides is 2. The van der Waals surface area contributed by atoms with Crippen molar-refractivity contribution < 1.29 is 9.59 Å².